The second kappa shape index (κ2) is 10.8. The second-order valence-electron chi connectivity index (χ2n) is 6.70. The lowest BCUT2D eigenvalue weighted by atomic mass is 10.1. The lowest BCUT2D eigenvalue weighted by Crippen LogP contribution is -2.27. The fourth-order valence-electron chi connectivity index (χ4n) is 2.83. The molecule has 0 atom stereocenters. The molecule has 33 heavy (non-hydrogen) atoms. The van der Waals surface area contributed by atoms with Gasteiger partial charge in [-0.05, 0) is 55.5 Å². The van der Waals surface area contributed by atoms with Crippen molar-refractivity contribution in [2.24, 2.45) is 0 Å². The highest BCUT2D eigenvalue weighted by Crippen LogP contribution is 2.31. The van der Waals surface area contributed by atoms with Gasteiger partial charge in [-0.15, -0.1) is 11.3 Å². The number of ether oxygens (including phenoxy) is 2. The number of hydrogen-bond acceptors (Lipinski definition) is 7. The Morgan fingerprint density at radius 2 is 1.79 bits per heavy atom. The van der Waals surface area contributed by atoms with Gasteiger partial charge in [0.2, 0.25) is 10.0 Å². The zero-order valence-electron chi connectivity index (χ0n) is 17.7. The first-order valence-corrected chi connectivity index (χ1v) is 11.9. The van der Waals surface area contributed by atoms with Crippen LogP contribution >= 0.6 is 11.3 Å². The Kier molecular flexibility index (Phi) is 8.08. The number of hydrogen-bond donors (Lipinski definition) is 2. The van der Waals surface area contributed by atoms with Crippen molar-refractivity contribution in [3.05, 3.63) is 59.0 Å². The molecule has 1 aromatic heterocycles. The minimum absolute atomic E-state index is 0.0294. The van der Waals surface area contributed by atoms with Crippen molar-refractivity contribution in [1.82, 2.24) is 9.71 Å². The Bertz CT molecular complexity index is 1200. The number of alkyl halides is 2. The summed E-state index contributed by atoms with van der Waals surface area (Å²) in [7, 11) is -2.23. The molecule has 0 bridgehead atoms. The van der Waals surface area contributed by atoms with Gasteiger partial charge in [0.15, 0.2) is 5.13 Å². The van der Waals surface area contributed by atoms with E-state index in [1.54, 1.807) is 12.1 Å². The van der Waals surface area contributed by atoms with Gasteiger partial charge in [0.25, 0.3) is 5.91 Å². The Morgan fingerprint density at radius 1 is 1.12 bits per heavy atom. The number of aryl methyl sites for hydroxylation is 1. The number of carbonyl (C=O) groups is 1. The van der Waals surface area contributed by atoms with Crippen LogP contribution in [-0.4, -0.2) is 46.2 Å². The predicted molar refractivity (Wildman–Crippen MR) is 120 cm³/mol. The predicted octanol–water partition coefficient (Wildman–Crippen LogP) is 3.90. The Morgan fingerprint density at radius 3 is 2.39 bits per heavy atom. The maximum Gasteiger partial charge on any atom is 0.387 e. The molecule has 1 amide bonds. The number of carbonyl (C=O) groups excluding carboxylic acids is 1. The molecule has 0 unspecified atom stereocenters. The van der Waals surface area contributed by atoms with Crippen molar-refractivity contribution in [2.75, 3.05) is 25.6 Å². The van der Waals surface area contributed by atoms with Crippen LogP contribution in [0.4, 0.5) is 13.9 Å². The summed E-state index contributed by atoms with van der Waals surface area (Å²) in [5, 5.41) is 3.04. The van der Waals surface area contributed by atoms with Crippen molar-refractivity contribution in [1.29, 1.82) is 0 Å². The average Bonchev–Trinajstić information content (AvgIpc) is 3.14. The van der Waals surface area contributed by atoms with Crippen LogP contribution in [0, 0.1) is 6.92 Å². The van der Waals surface area contributed by atoms with Gasteiger partial charge in [0.05, 0.1) is 17.2 Å². The number of halogens is 2. The first-order chi connectivity index (χ1) is 15.7. The topological polar surface area (TPSA) is 107 Å². The standard InChI is InChI=1S/C21H21F2N3O5S2/c1-13-18(14-3-7-16(8-4-14)31-20(22)23)25-21(32-13)26-19(27)15-5-9-17(10-6-15)33(28,29)24-11-12-30-2/h3-10,20,24H,11-12H2,1-2H3,(H,25,26,27). The number of rotatable bonds is 10. The first kappa shape index (κ1) is 24.7. The molecule has 2 N–H and O–H groups in total. The Balaban J connectivity index is 1.68. The van der Waals surface area contributed by atoms with Crippen LogP contribution in [0.25, 0.3) is 11.3 Å². The summed E-state index contributed by atoms with van der Waals surface area (Å²) >= 11 is 1.25. The lowest BCUT2D eigenvalue weighted by molar-refractivity contribution is -0.0498. The van der Waals surface area contributed by atoms with Crippen LogP contribution in [-0.2, 0) is 14.8 Å². The molecule has 12 heteroatoms. The fourth-order valence-corrected chi connectivity index (χ4v) is 4.67. The van der Waals surface area contributed by atoms with E-state index in [9.17, 15) is 22.0 Å². The Labute approximate surface area is 193 Å². The minimum atomic E-state index is -3.70. The molecule has 8 nitrogen and oxygen atoms in total. The molecule has 0 aliphatic rings. The third-order valence-electron chi connectivity index (χ3n) is 4.40. The average molecular weight is 498 g/mol. The van der Waals surface area contributed by atoms with E-state index in [4.69, 9.17) is 4.74 Å². The van der Waals surface area contributed by atoms with Gasteiger partial charge in [0, 0.05) is 29.7 Å². The molecule has 0 fully saturated rings. The van der Waals surface area contributed by atoms with E-state index in [0.29, 0.717) is 16.4 Å². The van der Waals surface area contributed by atoms with Crippen molar-refractivity contribution < 1.29 is 31.5 Å². The van der Waals surface area contributed by atoms with Crippen molar-refractivity contribution in [3.8, 4) is 17.0 Å². The highest BCUT2D eigenvalue weighted by Gasteiger charge is 2.16. The van der Waals surface area contributed by atoms with Crippen LogP contribution in [0.1, 0.15) is 15.2 Å². The largest absolute Gasteiger partial charge is 0.435 e. The molecule has 0 saturated heterocycles. The number of nitrogens with zero attached hydrogens (tertiary/aromatic N) is 1. The summed E-state index contributed by atoms with van der Waals surface area (Å²) in [6.45, 7) is -0.709. The van der Waals surface area contributed by atoms with Gasteiger partial charge in [-0.1, -0.05) is 0 Å². The van der Waals surface area contributed by atoms with E-state index >= 15 is 0 Å². The van der Waals surface area contributed by atoms with Crippen LogP contribution < -0.4 is 14.8 Å². The highest BCUT2D eigenvalue weighted by atomic mass is 32.2. The minimum Gasteiger partial charge on any atom is -0.435 e. The third-order valence-corrected chi connectivity index (χ3v) is 6.76. The van der Waals surface area contributed by atoms with Crippen LogP contribution in [0.2, 0.25) is 0 Å². The SMILES string of the molecule is COCCNS(=O)(=O)c1ccc(C(=O)Nc2nc(-c3ccc(OC(F)F)cc3)c(C)s2)cc1. The van der Waals surface area contributed by atoms with Crippen molar-refractivity contribution >= 4 is 32.4 Å². The zero-order valence-corrected chi connectivity index (χ0v) is 19.3. The van der Waals surface area contributed by atoms with Crippen molar-refractivity contribution in [3.63, 3.8) is 0 Å². The van der Waals surface area contributed by atoms with Gasteiger partial charge < -0.3 is 9.47 Å². The number of nitrogens with one attached hydrogen (secondary N) is 2. The quantitative estimate of drug-likeness (QED) is 0.412. The molecular formula is C21H21F2N3O5S2. The molecule has 176 valence electrons. The number of anilines is 1. The third kappa shape index (κ3) is 6.54. The molecule has 0 aliphatic carbocycles. The van der Waals surface area contributed by atoms with Gasteiger partial charge in [-0.2, -0.15) is 8.78 Å². The summed E-state index contributed by atoms with van der Waals surface area (Å²) in [6.07, 6.45) is 0. The first-order valence-electron chi connectivity index (χ1n) is 9.62. The van der Waals surface area contributed by atoms with Gasteiger partial charge in [-0.3, -0.25) is 10.1 Å². The van der Waals surface area contributed by atoms with Crippen LogP contribution in [0.5, 0.6) is 5.75 Å². The highest BCUT2D eigenvalue weighted by molar-refractivity contribution is 7.89. The van der Waals surface area contributed by atoms with Crippen LogP contribution in [0.15, 0.2) is 53.4 Å². The summed E-state index contributed by atoms with van der Waals surface area (Å²) < 4.78 is 60.6. The summed E-state index contributed by atoms with van der Waals surface area (Å²) in [6, 6.07) is 11.5. The number of amides is 1. The number of benzene rings is 2. The lowest BCUT2D eigenvalue weighted by Gasteiger charge is -2.07. The molecule has 0 aliphatic heterocycles. The van der Waals surface area contributed by atoms with E-state index in [0.717, 1.165) is 4.88 Å². The van der Waals surface area contributed by atoms with E-state index in [1.165, 1.54) is 54.8 Å². The van der Waals surface area contributed by atoms with Crippen molar-refractivity contribution in [2.45, 2.75) is 18.4 Å². The number of sulfonamides is 1. The monoisotopic (exact) mass is 497 g/mol. The number of methoxy groups -OCH3 is 1. The fraction of sp³-hybridized carbons (Fsp3) is 0.238. The van der Waals surface area contributed by atoms with Crippen LogP contribution in [0.3, 0.4) is 0 Å². The maximum atomic E-state index is 12.6. The molecule has 0 spiro atoms. The molecule has 2 aromatic carbocycles. The van der Waals surface area contributed by atoms with E-state index in [-0.39, 0.29) is 29.4 Å². The summed E-state index contributed by atoms with van der Waals surface area (Å²) in [4.78, 5) is 17.8. The number of aromatic nitrogens is 1. The smallest absolute Gasteiger partial charge is 0.387 e. The molecule has 0 saturated carbocycles. The molecule has 3 aromatic rings. The van der Waals surface area contributed by atoms with E-state index < -0.39 is 22.5 Å². The normalized spacial score (nSPS) is 11.5. The number of thiazole rings is 1. The maximum absolute atomic E-state index is 12.6. The van der Waals surface area contributed by atoms with E-state index in [1.807, 2.05) is 6.92 Å². The molecular weight excluding hydrogens is 476 g/mol. The zero-order chi connectivity index (χ0) is 24.0. The second-order valence-corrected chi connectivity index (χ2v) is 9.67. The van der Waals surface area contributed by atoms with Gasteiger partial charge >= 0.3 is 6.61 Å². The Hall–Kier alpha value is -2.93. The van der Waals surface area contributed by atoms with Gasteiger partial charge in [0.1, 0.15) is 5.75 Å². The molecule has 1 heterocycles. The molecule has 0 radical (unpaired) electrons. The summed E-state index contributed by atoms with van der Waals surface area (Å²) in [5.74, 6) is -0.415. The van der Waals surface area contributed by atoms with E-state index in [2.05, 4.69) is 19.8 Å². The summed E-state index contributed by atoms with van der Waals surface area (Å²) in [5.41, 5.74) is 1.54. The molecule has 3 rings (SSSR count). The van der Waals surface area contributed by atoms with Gasteiger partial charge in [-0.25, -0.2) is 18.1 Å².